The number of carbonyl (C=O) groups is 1. The zero-order chi connectivity index (χ0) is 17.9. The van der Waals surface area contributed by atoms with Gasteiger partial charge in [0, 0.05) is 4.88 Å². The molecule has 0 aliphatic carbocycles. The summed E-state index contributed by atoms with van der Waals surface area (Å²) in [5, 5.41) is 8.20. The number of hydrogen-bond acceptors (Lipinski definition) is 5. The van der Waals surface area contributed by atoms with E-state index in [4.69, 9.17) is 0 Å². The summed E-state index contributed by atoms with van der Waals surface area (Å²) in [5.74, 6) is -0.0326. The summed E-state index contributed by atoms with van der Waals surface area (Å²) in [6, 6.07) is 13.9. The van der Waals surface area contributed by atoms with Crippen LogP contribution in [0.1, 0.15) is 29.8 Å². The highest BCUT2D eigenvalue weighted by molar-refractivity contribution is 7.91. The number of hydrogen-bond donors (Lipinski definition) is 2. The van der Waals surface area contributed by atoms with Crippen molar-refractivity contribution in [2.75, 3.05) is 18.1 Å². The molecular formula is C18H22N2O3S2. The van der Waals surface area contributed by atoms with Crippen LogP contribution < -0.4 is 10.6 Å². The molecule has 25 heavy (non-hydrogen) atoms. The molecule has 5 nitrogen and oxygen atoms in total. The minimum Gasteiger partial charge on any atom is -0.349 e. The highest BCUT2D eigenvalue weighted by atomic mass is 32.2. The number of rotatable bonds is 6. The van der Waals surface area contributed by atoms with Crippen LogP contribution in [-0.4, -0.2) is 37.9 Å². The molecule has 1 amide bonds. The lowest BCUT2D eigenvalue weighted by Gasteiger charge is -2.25. The molecule has 0 spiro atoms. The van der Waals surface area contributed by atoms with Crippen LogP contribution in [0.25, 0.3) is 0 Å². The molecule has 1 aromatic carbocycles. The SMILES string of the molecule is C[C@@]1(NC(=O)CN[C@@H](c2ccccc2)c2cccs2)CCS(=O)(=O)C1. The second-order valence-electron chi connectivity index (χ2n) is 6.69. The molecule has 1 saturated heterocycles. The van der Waals surface area contributed by atoms with Gasteiger partial charge in [0.1, 0.15) is 0 Å². The third-order valence-electron chi connectivity index (χ3n) is 4.37. The first-order chi connectivity index (χ1) is 11.9. The minimum absolute atomic E-state index is 0.0127. The standard InChI is InChI=1S/C18H22N2O3S2/c1-18(9-11-25(22,23)13-18)20-16(21)12-19-17(15-8-5-10-24-15)14-6-3-2-4-7-14/h2-8,10,17,19H,9,11-13H2,1H3,(H,20,21)/t17-,18+/m0/s1. The van der Waals surface area contributed by atoms with Gasteiger partial charge in [0.15, 0.2) is 9.84 Å². The van der Waals surface area contributed by atoms with Crippen LogP contribution in [0.4, 0.5) is 0 Å². The lowest BCUT2D eigenvalue weighted by Crippen LogP contribution is -2.50. The molecule has 0 unspecified atom stereocenters. The summed E-state index contributed by atoms with van der Waals surface area (Å²) in [6.07, 6.45) is 0.466. The Morgan fingerprint density at radius 3 is 2.60 bits per heavy atom. The van der Waals surface area contributed by atoms with Crippen molar-refractivity contribution in [3.63, 3.8) is 0 Å². The first kappa shape index (κ1) is 18.1. The first-order valence-electron chi connectivity index (χ1n) is 8.20. The van der Waals surface area contributed by atoms with Crippen molar-refractivity contribution >= 4 is 27.1 Å². The summed E-state index contributed by atoms with van der Waals surface area (Å²) >= 11 is 1.64. The number of thiophene rings is 1. The Balaban J connectivity index is 1.65. The fourth-order valence-corrected chi connectivity index (χ4v) is 6.09. The number of sulfone groups is 1. The predicted molar refractivity (Wildman–Crippen MR) is 100 cm³/mol. The van der Waals surface area contributed by atoms with Crippen LogP contribution in [-0.2, 0) is 14.6 Å². The molecule has 0 radical (unpaired) electrons. The van der Waals surface area contributed by atoms with E-state index in [0.717, 1.165) is 10.4 Å². The quantitative estimate of drug-likeness (QED) is 0.807. The fourth-order valence-electron chi connectivity index (χ4n) is 3.17. The van der Waals surface area contributed by atoms with Crippen molar-refractivity contribution in [1.29, 1.82) is 0 Å². The van der Waals surface area contributed by atoms with E-state index >= 15 is 0 Å². The maximum absolute atomic E-state index is 12.4. The van der Waals surface area contributed by atoms with Crippen LogP contribution in [0.5, 0.6) is 0 Å². The summed E-state index contributed by atoms with van der Waals surface area (Å²) in [4.78, 5) is 13.5. The van der Waals surface area contributed by atoms with E-state index in [2.05, 4.69) is 10.6 Å². The Morgan fingerprint density at radius 2 is 2.00 bits per heavy atom. The van der Waals surface area contributed by atoms with Crippen molar-refractivity contribution in [3.05, 3.63) is 58.3 Å². The van der Waals surface area contributed by atoms with E-state index < -0.39 is 15.4 Å². The van der Waals surface area contributed by atoms with Crippen molar-refractivity contribution in [3.8, 4) is 0 Å². The van der Waals surface area contributed by atoms with Crippen LogP contribution in [0.15, 0.2) is 47.8 Å². The van der Waals surface area contributed by atoms with Crippen molar-refractivity contribution in [1.82, 2.24) is 10.6 Å². The maximum atomic E-state index is 12.4. The largest absolute Gasteiger partial charge is 0.349 e. The number of amides is 1. The monoisotopic (exact) mass is 378 g/mol. The van der Waals surface area contributed by atoms with E-state index in [9.17, 15) is 13.2 Å². The Bertz CT molecular complexity index is 819. The van der Waals surface area contributed by atoms with E-state index in [1.54, 1.807) is 18.3 Å². The van der Waals surface area contributed by atoms with Gasteiger partial charge in [-0.25, -0.2) is 8.42 Å². The summed E-state index contributed by atoms with van der Waals surface area (Å²) in [7, 11) is -3.04. The average molecular weight is 379 g/mol. The number of nitrogens with one attached hydrogen (secondary N) is 2. The lowest BCUT2D eigenvalue weighted by molar-refractivity contribution is -0.121. The second kappa shape index (κ2) is 7.27. The van der Waals surface area contributed by atoms with E-state index in [1.807, 2.05) is 47.8 Å². The Morgan fingerprint density at radius 1 is 1.24 bits per heavy atom. The second-order valence-corrected chi connectivity index (χ2v) is 9.85. The van der Waals surface area contributed by atoms with Gasteiger partial charge in [0.25, 0.3) is 0 Å². The molecule has 7 heteroatoms. The van der Waals surface area contributed by atoms with Gasteiger partial charge in [-0.1, -0.05) is 36.4 Å². The van der Waals surface area contributed by atoms with Gasteiger partial charge in [-0.2, -0.15) is 0 Å². The normalized spacial score (nSPS) is 23.2. The van der Waals surface area contributed by atoms with Crippen LogP contribution in [0.3, 0.4) is 0 Å². The van der Waals surface area contributed by atoms with Crippen LogP contribution >= 0.6 is 11.3 Å². The van der Waals surface area contributed by atoms with E-state index in [-0.39, 0.29) is 30.0 Å². The van der Waals surface area contributed by atoms with E-state index in [0.29, 0.717) is 6.42 Å². The number of benzene rings is 1. The van der Waals surface area contributed by atoms with Gasteiger partial charge in [0.05, 0.1) is 29.6 Å². The molecule has 0 bridgehead atoms. The molecule has 1 fully saturated rings. The summed E-state index contributed by atoms with van der Waals surface area (Å²) < 4.78 is 23.3. The zero-order valence-electron chi connectivity index (χ0n) is 14.1. The average Bonchev–Trinajstić information content (AvgIpc) is 3.17. The molecule has 2 atom stereocenters. The molecule has 3 rings (SSSR count). The van der Waals surface area contributed by atoms with Gasteiger partial charge < -0.3 is 5.32 Å². The maximum Gasteiger partial charge on any atom is 0.234 e. The van der Waals surface area contributed by atoms with Crippen LogP contribution in [0.2, 0.25) is 0 Å². The predicted octanol–water partition coefficient (Wildman–Crippen LogP) is 2.12. The topological polar surface area (TPSA) is 75.3 Å². The van der Waals surface area contributed by atoms with Crippen molar-refractivity contribution in [2.24, 2.45) is 0 Å². The Hall–Kier alpha value is -1.70. The Labute approximate surface area is 152 Å². The van der Waals surface area contributed by atoms with Gasteiger partial charge in [0.2, 0.25) is 5.91 Å². The van der Waals surface area contributed by atoms with Crippen molar-refractivity contribution < 1.29 is 13.2 Å². The molecule has 1 aliphatic heterocycles. The van der Waals surface area contributed by atoms with Crippen LogP contribution in [0, 0.1) is 0 Å². The summed E-state index contributed by atoms with van der Waals surface area (Å²) in [6.45, 7) is 1.93. The fraction of sp³-hybridized carbons (Fsp3) is 0.389. The Kier molecular flexibility index (Phi) is 5.27. The molecule has 2 N–H and O–H groups in total. The van der Waals surface area contributed by atoms with E-state index in [1.165, 1.54) is 0 Å². The first-order valence-corrected chi connectivity index (χ1v) is 10.9. The minimum atomic E-state index is -3.04. The van der Waals surface area contributed by atoms with Gasteiger partial charge in [-0.05, 0) is 30.4 Å². The molecule has 1 aromatic heterocycles. The molecule has 2 heterocycles. The molecule has 134 valence electrons. The number of carbonyl (C=O) groups excluding carboxylic acids is 1. The molecular weight excluding hydrogens is 356 g/mol. The molecule has 2 aromatic rings. The third kappa shape index (κ3) is 4.68. The highest BCUT2D eigenvalue weighted by Gasteiger charge is 2.39. The van der Waals surface area contributed by atoms with Crippen molar-refractivity contribution in [2.45, 2.75) is 24.9 Å². The van der Waals surface area contributed by atoms with Gasteiger partial charge >= 0.3 is 0 Å². The molecule has 0 saturated carbocycles. The van der Waals surface area contributed by atoms with Gasteiger partial charge in [-0.15, -0.1) is 11.3 Å². The zero-order valence-corrected chi connectivity index (χ0v) is 15.7. The third-order valence-corrected chi connectivity index (χ3v) is 7.21. The summed E-state index contributed by atoms with van der Waals surface area (Å²) in [5.41, 5.74) is 0.426. The van der Waals surface area contributed by atoms with Gasteiger partial charge in [-0.3, -0.25) is 10.1 Å². The molecule has 1 aliphatic rings. The smallest absolute Gasteiger partial charge is 0.234 e. The lowest BCUT2D eigenvalue weighted by atomic mass is 10.0. The highest BCUT2D eigenvalue weighted by Crippen LogP contribution is 2.26.